The van der Waals surface area contributed by atoms with Crippen molar-refractivity contribution in [3.05, 3.63) is 49.4 Å². The molecule has 0 aliphatic rings. The zero-order valence-corrected chi connectivity index (χ0v) is 13.8. The van der Waals surface area contributed by atoms with Gasteiger partial charge in [-0.2, -0.15) is 0 Å². The number of carboxylic acid groups (broad SMARTS) is 1. The van der Waals surface area contributed by atoms with Crippen LogP contribution in [0, 0.1) is 17.4 Å². The molecule has 1 amide bonds. The van der Waals surface area contributed by atoms with Crippen LogP contribution >= 0.6 is 33.9 Å². The highest BCUT2D eigenvalue weighted by Gasteiger charge is 2.21. The van der Waals surface area contributed by atoms with Crippen molar-refractivity contribution in [3.63, 3.8) is 0 Å². The Labute approximate surface area is 134 Å². The van der Waals surface area contributed by atoms with Crippen LogP contribution < -0.4 is 5.32 Å². The maximum Gasteiger partial charge on any atom is 0.338 e. The standard InChI is InChI=1S/C14H12INO3S/c1-7-8(2)20-13(11(7)14(18)19)16-12(17)9-5-3-4-6-10(9)15/h3-6H,1-2H3,(H,16,17)(H,18,19). The number of hydrogen-bond acceptors (Lipinski definition) is 3. The number of halogens is 1. The van der Waals surface area contributed by atoms with Crippen LogP contribution in [0.3, 0.4) is 0 Å². The van der Waals surface area contributed by atoms with Crippen LogP contribution in [0.15, 0.2) is 24.3 Å². The predicted molar refractivity (Wildman–Crippen MR) is 87.9 cm³/mol. The molecule has 2 aromatic rings. The summed E-state index contributed by atoms with van der Waals surface area (Å²) in [5.74, 6) is -1.32. The Balaban J connectivity index is 2.36. The number of hydrogen-bond donors (Lipinski definition) is 2. The second-order valence-corrected chi connectivity index (χ2v) is 6.61. The summed E-state index contributed by atoms with van der Waals surface area (Å²) in [6, 6.07) is 7.17. The lowest BCUT2D eigenvalue weighted by atomic mass is 10.1. The zero-order valence-electron chi connectivity index (χ0n) is 10.9. The van der Waals surface area contributed by atoms with Crippen molar-refractivity contribution in [1.82, 2.24) is 0 Å². The van der Waals surface area contributed by atoms with Crippen molar-refractivity contribution in [2.45, 2.75) is 13.8 Å². The average Bonchev–Trinajstić information content (AvgIpc) is 2.65. The van der Waals surface area contributed by atoms with E-state index in [0.29, 0.717) is 16.1 Å². The van der Waals surface area contributed by atoms with E-state index < -0.39 is 5.97 Å². The van der Waals surface area contributed by atoms with E-state index in [9.17, 15) is 14.7 Å². The molecule has 2 rings (SSSR count). The number of nitrogens with one attached hydrogen (secondary N) is 1. The van der Waals surface area contributed by atoms with Crippen molar-refractivity contribution in [2.24, 2.45) is 0 Å². The molecular formula is C14H12INO3S. The van der Waals surface area contributed by atoms with Crippen LogP contribution in [0.4, 0.5) is 5.00 Å². The summed E-state index contributed by atoms with van der Waals surface area (Å²) in [7, 11) is 0. The third-order valence-electron chi connectivity index (χ3n) is 2.94. The molecule has 4 nitrogen and oxygen atoms in total. The summed E-state index contributed by atoms with van der Waals surface area (Å²) in [6.45, 7) is 3.59. The number of aryl methyl sites for hydroxylation is 1. The molecule has 0 atom stereocenters. The number of rotatable bonds is 3. The van der Waals surface area contributed by atoms with Crippen molar-refractivity contribution < 1.29 is 14.7 Å². The molecule has 0 aliphatic carbocycles. The first-order chi connectivity index (χ1) is 9.41. The average molecular weight is 401 g/mol. The molecule has 2 N–H and O–H groups in total. The Morgan fingerprint density at radius 1 is 1.25 bits per heavy atom. The quantitative estimate of drug-likeness (QED) is 0.767. The van der Waals surface area contributed by atoms with Crippen LogP contribution in [0.2, 0.25) is 0 Å². The molecule has 104 valence electrons. The Hall–Kier alpha value is -1.41. The summed E-state index contributed by atoms with van der Waals surface area (Å²) in [5, 5.41) is 12.3. The van der Waals surface area contributed by atoms with Crippen LogP contribution in [0.25, 0.3) is 0 Å². The highest BCUT2D eigenvalue weighted by Crippen LogP contribution is 2.32. The van der Waals surface area contributed by atoms with Gasteiger partial charge in [0.2, 0.25) is 0 Å². The van der Waals surface area contributed by atoms with E-state index in [1.165, 1.54) is 11.3 Å². The highest BCUT2D eigenvalue weighted by molar-refractivity contribution is 14.1. The Bertz CT molecular complexity index is 694. The van der Waals surface area contributed by atoms with Gasteiger partial charge in [0, 0.05) is 8.45 Å². The van der Waals surface area contributed by atoms with Gasteiger partial charge in [0.25, 0.3) is 5.91 Å². The number of carbonyl (C=O) groups is 2. The van der Waals surface area contributed by atoms with E-state index in [0.717, 1.165) is 8.45 Å². The molecule has 0 fully saturated rings. The fourth-order valence-electron chi connectivity index (χ4n) is 1.79. The normalized spacial score (nSPS) is 10.3. The predicted octanol–water partition coefficient (Wildman–Crippen LogP) is 3.92. The Kier molecular flexibility index (Phi) is 4.44. The minimum atomic E-state index is -1.02. The SMILES string of the molecule is Cc1sc(NC(=O)c2ccccc2I)c(C(=O)O)c1C. The number of anilines is 1. The van der Waals surface area contributed by atoms with Crippen LogP contribution in [-0.2, 0) is 0 Å². The van der Waals surface area contributed by atoms with E-state index in [-0.39, 0.29) is 11.5 Å². The fraction of sp³-hybridized carbons (Fsp3) is 0.143. The Morgan fingerprint density at radius 2 is 1.90 bits per heavy atom. The summed E-state index contributed by atoms with van der Waals surface area (Å²) < 4.78 is 0.824. The van der Waals surface area contributed by atoms with Gasteiger partial charge < -0.3 is 10.4 Å². The zero-order chi connectivity index (χ0) is 14.9. The molecular weight excluding hydrogens is 389 g/mol. The molecule has 1 aromatic carbocycles. The minimum absolute atomic E-state index is 0.173. The first-order valence-electron chi connectivity index (χ1n) is 5.81. The molecule has 0 spiro atoms. The van der Waals surface area contributed by atoms with E-state index >= 15 is 0 Å². The van der Waals surface area contributed by atoms with Gasteiger partial charge in [-0.05, 0) is 54.1 Å². The lowest BCUT2D eigenvalue weighted by Crippen LogP contribution is -2.14. The summed E-state index contributed by atoms with van der Waals surface area (Å²) >= 11 is 3.36. The molecule has 0 radical (unpaired) electrons. The lowest BCUT2D eigenvalue weighted by Gasteiger charge is -2.06. The van der Waals surface area contributed by atoms with Crippen molar-refractivity contribution >= 4 is 50.8 Å². The molecule has 0 aliphatic heterocycles. The van der Waals surface area contributed by atoms with Crippen molar-refractivity contribution in [2.75, 3.05) is 5.32 Å². The van der Waals surface area contributed by atoms with Crippen LogP contribution in [0.1, 0.15) is 31.2 Å². The molecule has 20 heavy (non-hydrogen) atoms. The monoisotopic (exact) mass is 401 g/mol. The Morgan fingerprint density at radius 3 is 2.50 bits per heavy atom. The maximum absolute atomic E-state index is 12.2. The van der Waals surface area contributed by atoms with E-state index in [1.807, 2.05) is 19.1 Å². The highest BCUT2D eigenvalue weighted by atomic mass is 127. The number of carboxylic acids is 1. The molecule has 0 bridgehead atoms. The van der Waals surface area contributed by atoms with E-state index in [1.54, 1.807) is 19.1 Å². The maximum atomic E-state index is 12.2. The number of amides is 1. The summed E-state index contributed by atoms with van der Waals surface area (Å²) in [5.41, 5.74) is 1.40. The first kappa shape index (κ1) is 15.0. The van der Waals surface area contributed by atoms with Gasteiger partial charge in [-0.3, -0.25) is 4.79 Å². The van der Waals surface area contributed by atoms with E-state index in [4.69, 9.17) is 0 Å². The third-order valence-corrected chi connectivity index (χ3v) is 5.01. The number of carbonyl (C=O) groups excluding carboxylic acids is 1. The van der Waals surface area contributed by atoms with Crippen LogP contribution in [0.5, 0.6) is 0 Å². The van der Waals surface area contributed by atoms with Gasteiger partial charge in [0.15, 0.2) is 0 Å². The third kappa shape index (κ3) is 2.85. The van der Waals surface area contributed by atoms with Gasteiger partial charge in [-0.25, -0.2) is 4.79 Å². The smallest absolute Gasteiger partial charge is 0.338 e. The second kappa shape index (κ2) is 5.92. The molecule has 0 saturated carbocycles. The first-order valence-corrected chi connectivity index (χ1v) is 7.70. The minimum Gasteiger partial charge on any atom is -0.478 e. The van der Waals surface area contributed by atoms with Gasteiger partial charge in [-0.1, -0.05) is 12.1 Å². The van der Waals surface area contributed by atoms with E-state index in [2.05, 4.69) is 27.9 Å². The topological polar surface area (TPSA) is 66.4 Å². The van der Waals surface area contributed by atoms with Gasteiger partial charge in [-0.15, -0.1) is 11.3 Å². The van der Waals surface area contributed by atoms with Crippen molar-refractivity contribution in [1.29, 1.82) is 0 Å². The van der Waals surface area contributed by atoms with Gasteiger partial charge >= 0.3 is 5.97 Å². The summed E-state index contributed by atoms with van der Waals surface area (Å²) in [4.78, 5) is 24.4. The summed E-state index contributed by atoms with van der Waals surface area (Å²) in [6.07, 6.45) is 0. The number of thiophene rings is 1. The fourth-order valence-corrected chi connectivity index (χ4v) is 3.47. The van der Waals surface area contributed by atoms with Gasteiger partial charge in [0.1, 0.15) is 5.00 Å². The largest absolute Gasteiger partial charge is 0.478 e. The number of aromatic carboxylic acids is 1. The lowest BCUT2D eigenvalue weighted by molar-refractivity contribution is 0.0697. The van der Waals surface area contributed by atoms with Gasteiger partial charge in [0.05, 0.1) is 11.1 Å². The van der Waals surface area contributed by atoms with Crippen molar-refractivity contribution in [3.8, 4) is 0 Å². The number of benzene rings is 1. The molecule has 1 aromatic heterocycles. The van der Waals surface area contributed by atoms with Crippen LogP contribution in [-0.4, -0.2) is 17.0 Å². The second-order valence-electron chi connectivity index (χ2n) is 4.23. The molecule has 6 heteroatoms. The molecule has 0 saturated heterocycles. The molecule has 0 unspecified atom stereocenters. The molecule has 1 heterocycles.